The summed E-state index contributed by atoms with van der Waals surface area (Å²) in [4.78, 5) is 0. The van der Waals surface area contributed by atoms with Gasteiger partial charge in [0.2, 0.25) is 0 Å². The number of hydrogen-bond donors (Lipinski definition) is 2. The minimum absolute atomic E-state index is 0. The molecule has 5 heteroatoms. The number of hydrogen-bond acceptors (Lipinski definition) is 2. The monoisotopic (exact) mass is 396 g/mol. The van der Waals surface area contributed by atoms with Crippen LogP contribution in [-0.4, -0.2) is 23.4 Å². The Hall–Kier alpha value is 1.76. The van der Waals surface area contributed by atoms with E-state index in [9.17, 15) is 0 Å². The largest absolute Gasteiger partial charge is 2.00 e. The molecular weight excluding hydrogens is 379 g/mol. The normalized spacial score (nSPS) is 7.38. The summed E-state index contributed by atoms with van der Waals surface area (Å²) >= 11 is 0. The summed E-state index contributed by atoms with van der Waals surface area (Å²) in [6, 6.07) is 0. The van der Waals surface area contributed by atoms with Gasteiger partial charge in [-0.25, -0.2) is 0 Å². The van der Waals surface area contributed by atoms with E-state index in [1.807, 2.05) is 27.7 Å². The van der Waals surface area contributed by atoms with Crippen LogP contribution in [0.15, 0.2) is 0 Å². The summed E-state index contributed by atoms with van der Waals surface area (Å²) in [5.74, 6) is 0.880. The Labute approximate surface area is 122 Å². The Morgan fingerprint density at radius 3 is 0.846 bits per heavy atom. The van der Waals surface area contributed by atoms with Crippen molar-refractivity contribution in [2.24, 2.45) is 11.8 Å². The van der Waals surface area contributed by atoms with Crippen LogP contribution in [0, 0.1) is 11.8 Å². The van der Waals surface area contributed by atoms with Gasteiger partial charge in [0.15, 0.2) is 0 Å². The van der Waals surface area contributed by atoms with E-state index in [0.717, 1.165) is 0 Å². The molecule has 0 saturated carbocycles. The Morgan fingerprint density at radius 1 is 0.769 bits per heavy atom. The van der Waals surface area contributed by atoms with Crippen LogP contribution in [0.4, 0.5) is 0 Å². The number of rotatable bonds is 2. The van der Waals surface area contributed by atoms with Crippen LogP contribution in [0.1, 0.15) is 27.7 Å². The molecule has 0 heterocycles. The molecule has 0 aliphatic heterocycles. The molecule has 2 nitrogen and oxygen atoms in total. The summed E-state index contributed by atoms with van der Waals surface area (Å²) in [6.45, 7) is 8.50. The van der Waals surface area contributed by atoms with Crippen molar-refractivity contribution in [3.8, 4) is 0 Å². The van der Waals surface area contributed by atoms with Crippen LogP contribution in [-0.2, 0) is 26.2 Å². The maximum Gasteiger partial charge on any atom is 2.00 e. The van der Waals surface area contributed by atoms with E-state index in [0.29, 0.717) is 25.0 Å². The molecule has 0 unspecified atom stereocenters. The molecule has 0 aliphatic carbocycles. The standard InChI is InChI=1S/2C4H10O.2BrH.Zr/c2*1-4(2)3-5;;;/h2*4-5H,3H2,1-2H3;2*1H;/q;;;;+2/p-2. The predicted octanol–water partition coefficient (Wildman–Crippen LogP) is -4.73. The fourth-order valence-electron chi connectivity index (χ4n) is 0. The molecule has 0 aromatic rings. The maximum absolute atomic E-state index is 8.14. The zero-order chi connectivity index (χ0) is 8.57. The van der Waals surface area contributed by atoms with Crippen LogP contribution in [0.2, 0.25) is 0 Å². The van der Waals surface area contributed by atoms with Gasteiger partial charge in [-0.05, 0) is 11.8 Å². The first-order valence-corrected chi connectivity index (χ1v) is 3.76. The number of halogens is 2. The van der Waals surface area contributed by atoms with Gasteiger partial charge in [0.05, 0.1) is 0 Å². The predicted molar refractivity (Wildman–Crippen MR) is 43.8 cm³/mol. The van der Waals surface area contributed by atoms with E-state index in [2.05, 4.69) is 0 Å². The average Bonchev–Trinajstić information content (AvgIpc) is 1.89. The molecule has 2 N–H and O–H groups in total. The molecular formula is C8H20Br2O2Zr. The smallest absolute Gasteiger partial charge is 1.00 e. The topological polar surface area (TPSA) is 40.5 Å². The maximum atomic E-state index is 8.14. The zero-order valence-electron chi connectivity index (χ0n) is 8.72. The van der Waals surface area contributed by atoms with Crippen molar-refractivity contribution in [1.82, 2.24) is 0 Å². The van der Waals surface area contributed by atoms with Crippen LogP contribution in [0.3, 0.4) is 0 Å². The van der Waals surface area contributed by atoms with Crippen molar-refractivity contribution >= 4 is 0 Å². The molecule has 0 spiro atoms. The molecule has 0 rings (SSSR count). The Balaban J connectivity index is -0.0000000267. The molecule has 0 aromatic heterocycles. The van der Waals surface area contributed by atoms with E-state index < -0.39 is 0 Å². The van der Waals surface area contributed by atoms with E-state index in [1.54, 1.807) is 0 Å². The zero-order valence-corrected chi connectivity index (χ0v) is 14.3. The first-order valence-electron chi connectivity index (χ1n) is 3.76. The van der Waals surface area contributed by atoms with E-state index >= 15 is 0 Å². The summed E-state index contributed by atoms with van der Waals surface area (Å²) in [5.41, 5.74) is 0. The Bertz CT molecular complexity index is 56.1. The summed E-state index contributed by atoms with van der Waals surface area (Å²) in [7, 11) is 0. The van der Waals surface area contributed by atoms with Crippen molar-refractivity contribution in [3.63, 3.8) is 0 Å². The van der Waals surface area contributed by atoms with Crippen LogP contribution < -0.4 is 34.0 Å². The average molecular weight is 399 g/mol. The second-order valence-corrected chi connectivity index (χ2v) is 3.15. The molecule has 0 radical (unpaired) electrons. The van der Waals surface area contributed by atoms with E-state index in [-0.39, 0.29) is 60.2 Å². The third-order valence-electron chi connectivity index (χ3n) is 0.730. The molecule has 0 fully saturated rings. The molecule has 13 heavy (non-hydrogen) atoms. The summed E-state index contributed by atoms with van der Waals surface area (Å²) in [6.07, 6.45) is 0. The van der Waals surface area contributed by atoms with Crippen molar-refractivity contribution < 1.29 is 70.4 Å². The molecule has 0 aromatic carbocycles. The van der Waals surface area contributed by atoms with Crippen LogP contribution in [0.25, 0.3) is 0 Å². The molecule has 0 saturated heterocycles. The SMILES string of the molecule is CC(C)CO.CC(C)CO.[Br-].[Br-].[Zr+2]. The van der Waals surface area contributed by atoms with E-state index in [4.69, 9.17) is 10.2 Å². The quantitative estimate of drug-likeness (QED) is 0.490. The minimum Gasteiger partial charge on any atom is -1.00 e. The molecule has 82 valence electrons. The molecule has 0 atom stereocenters. The van der Waals surface area contributed by atoms with Crippen LogP contribution >= 0.6 is 0 Å². The van der Waals surface area contributed by atoms with Gasteiger partial charge in [-0.1, -0.05) is 27.7 Å². The Morgan fingerprint density at radius 2 is 0.846 bits per heavy atom. The van der Waals surface area contributed by atoms with Crippen LogP contribution in [0.5, 0.6) is 0 Å². The Kier molecular flexibility index (Phi) is 53.1. The fraction of sp³-hybridized carbons (Fsp3) is 1.00. The first kappa shape index (κ1) is 29.3. The fourth-order valence-corrected chi connectivity index (χ4v) is 0. The van der Waals surface area contributed by atoms with Gasteiger partial charge in [-0.3, -0.25) is 0 Å². The second kappa shape index (κ2) is 23.5. The summed E-state index contributed by atoms with van der Waals surface area (Å²) < 4.78 is 0. The van der Waals surface area contributed by atoms with Gasteiger partial charge in [0, 0.05) is 13.2 Å². The first-order chi connectivity index (χ1) is 4.54. The van der Waals surface area contributed by atoms with Gasteiger partial charge in [-0.15, -0.1) is 0 Å². The summed E-state index contributed by atoms with van der Waals surface area (Å²) in [5, 5.41) is 16.3. The van der Waals surface area contributed by atoms with Gasteiger partial charge < -0.3 is 44.2 Å². The van der Waals surface area contributed by atoms with Crippen molar-refractivity contribution in [2.75, 3.05) is 13.2 Å². The van der Waals surface area contributed by atoms with Gasteiger partial charge in [-0.2, -0.15) is 0 Å². The van der Waals surface area contributed by atoms with Gasteiger partial charge in [0.25, 0.3) is 0 Å². The van der Waals surface area contributed by atoms with E-state index in [1.165, 1.54) is 0 Å². The number of aliphatic hydroxyl groups is 2. The van der Waals surface area contributed by atoms with Crippen molar-refractivity contribution in [1.29, 1.82) is 0 Å². The van der Waals surface area contributed by atoms with Crippen molar-refractivity contribution in [2.45, 2.75) is 27.7 Å². The second-order valence-electron chi connectivity index (χ2n) is 3.15. The van der Waals surface area contributed by atoms with Gasteiger partial charge in [0.1, 0.15) is 0 Å². The van der Waals surface area contributed by atoms with Crippen molar-refractivity contribution in [3.05, 3.63) is 0 Å². The molecule has 0 bridgehead atoms. The molecule has 0 amide bonds. The third kappa shape index (κ3) is 57.3. The minimum atomic E-state index is 0. The van der Waals surface area contributed by atoms with Gasteiger partial charge >= 0.3 is 26.2 Å². The number of aliphatic hydroxyl groups excluding tert-OH is 2. The third-order valence-corrected chi connectivity index (χ3v) is 0.730. The molecule has 0 aliphatic rings.